The molecule has 1 atom stereocenters. The van der Waals surface area contributed by atoms with Gasteiger partial charge in [0, 0.05) is 16.6 Å². The summed E-state index contributed by atoms with van der Waals surface area (Å²) in [6.07, 6.45) is 0. The molecule has 0 aliphatic heterocycles. The molecular weight excluding hydrogens is 265 g/mol. The second kappa shape index (κ2) is 6.91. The van der Waals surface area contributed by atoms with Gasteiger partial charge in [0.25, 0.3) is 0 Å². The molecule has 0 spiro atoms. The Balaban J connectivity index is 2.44. The summed E-state index contributed by atoms with van der Waals surface area (Å²) >= 11 is 1.51. The first-order valence-electron chi connectivity index (χ1n) is 6.15. The fraction of sp³-hybridized carbons (Fsp3) is 0.500. The van der Waals surface area contributed by atoms with Gasteiger partial charge in [-0.15, -0.1) is 11.8 Å². The fourth-order valence-corrected chi connectivity index (χ4v) is 2.25. The van der Waals surface area contributed by atoms with Crippen LogP contribution < -0.4 is 5.32 Å². The number of hydrogen-bond donors (Lipinski definition) is 2. The summed E-state index contributed by atoms with van der Waals surface area (Å²) < 4.78 is 12.7. The minimum atomic E-state index is -0.605. The largest absolute Gasteiger partial charge is 0.394 e. The zero-order valence-corrected chi connectivity index (χ0v) is 12.3. The molecule has 0 heterocycles. The van der Waals surface area contributed by atoms with Crippen LogP contribution >= 0.6 is 11.8 Å². The van der Waals surface area contributed by atoms with Crippen LogP contribution in [0.4, 0.5) is 4.39 Å². The van der Waals surface area contributed by atoms with Crippen LogP contribution in [0.5, 0.6) is 0 Å². The normalized spacial score (nSPS) is 13.1. The van der Waals surface area contributed by atoms with Gasteiger partial charge >= 0.3 is 0 Å². The Hall–Kier alpha value is -1.07. The van der Waals surface area contributed by atoms with E-state index in [1.54, 1.807) is 26.0 Å². The lowest BCUT2D eigenvalue weighted by Gasteiger charge is -2.25. The van der Waals surface area contributed by atoms with Crippen molar-refractivity contribution in [2.75, 3.05) is 12.4 Å². The van der Waals surface area contributed by atoms with Gasteiger partial charge in [-0.2, -0.15) is 0 Å². The summed E-state index contributed by atoms with van der Waals surface area (Å²) in [7, 11) is 0. The SMILES string of the molecule is C[C@H](CSc1ccc(F)cc1)C(=O)NC(C)(C)CO. The smallest absolute Gasteiger partial charge is 0.224 e. The first-order valence-corrected chi connectivity index (χ1v) is 7.14. The predicted octanol–water partition coefficient (Wildman–Crippen LogP) is 2.44. The highest BCUT2D eigenvalue weighted by Crippen LogP contribution is 2.21. The number of thioether (sulfide) groups is 1. The number of rotatable bonds is 6. The highest BCUT2D eigenvalue weighted by Gasteiger charge is 2.22. The molecule has 3 nitrogen and oxygen atoms in total. The highest BCUT2D eigenvalue weighted by molar-refractivity contribution is 7.99. The summed E-state index contributed by atoms with van der Waals surface area (Å²) in [5.74, 6) is 0.0771. The molecule has 1 aromatic rings. The number of aliphatic hydroxyl groups is 1. The van der Waals surface area contributed by atoms with E-state index in [1.165, 1.54) is 23.9 Å². The van der Waals surface area contributed by atoms with Gasteiger partial charge in [-0.1, -0.05) is 6.92 Å². The molecule has 2 N–H and O–H groups in total. The lowest BCUT2D eigenvalue weighted by molar-refractivity contribution is -0.125. The molecule has 0 aliphatic carbocycles. The third kappa shape index (κ3) is 5.61. The minimum Gasteiger partial charge on any atom is -0.394 e. The topological polar surface area (TPSA) is 49.3 Å². The zero-order chi connectivity index (χ0) is 14.5. The van der Waals surface area contributed by atoms with Crippen molar-refractivity contribution in [2.45, 2.75) is 31.2 Å². The molecule has 0 aromatic heterocycles. The molecule has 1 rings (SSSR count). The number of amides is 1. The minimum absolute atomic E-state index is 0.0892. The Kier molecular flexibility index (Phi) is 5.82. The molecule has 0 aliphatic rings. The molecule has 106 valence electrons. The van der Waals surface area contributed by atoms with E-state index in [-0.39, 0.29) is 24.2 Å². The first-order chi connectivity index (χ1) is 8.84. The van der Waals surface area contributed by atoms with Crippen LogP contribution in [0.15, 0.2) is 29.2 Å². The van der Waals surface area contributed by atoms with Crippen LogP contribution in [0.2, 0.25) is 0 Å². The standard InChI is InChI=1S/C14H20FNO2S/c1-10(13(18)16-14(2,3)9-17)8-19-12-6-4-11(15)5-7-12/h4-7,10,17H,8-9H2,1-3H3,(H,16,18)/t10-/m1/s1. The summed E-state index contributed by atoms with van der Waals surface area (Å²) in [6, 6.07) is 6.20. The van der Waals surface area contributed by atoms with Crippen molar-refractivity contribution in [1.82, 2.24) is 5.32 Å². The second-order valence-corrected chi connectivity index (χ2v) is 6.29. The Morgan fingerprint density at radius 2 is 2.00 bits per heavy atom. The van der Waals surface area contributed by atoms with Crippen LogP contribution in [0, 0.1) is 11.7 Å². The fourth-order valence-electron chi connectivity index (χ4n) is 1.32. The number of carbonyl (C=O) groups is 1. The van der Waals surface area contributed by atoms with Gasteiger partial charge in [-0.05, 0) is 38.1 Å². The van der Waals surface area contributed by atoms with Crippen molar-refractivity contribution in [3.63, 3.8) is 0 Å². The molecular formula is C14H20FNO2S. The van der Waals surface area contributed by atoms with Crippen molar-refractivity contribution < 1.29 is 14.3 Å². The number of benzene rings is 1. The van der Waals surface area contributed by atoms with Crippen LogP contribution in [0.25, 0.3) is 0 Å². The average Bonchev–Trinajstić information content (AvgIpc) is 2.37. The van der Waals surface area contributed by atoms with Crippen molar-refractivity contribution in [2.24, 2.45) is 5.92 Å². The van der Waals surface area contributed by atoms with Gasteiger partial charge in [0.2, 0.25) is 5.91 Å². The van der Waals surface area contributed by atoms with Gasteiger partial charge < -0.3 is 10.4 Å². The van der Waals surface area contributed by atoms with Crippen molar-refractivity contribution in [3.8, 4) is 0 Å². The van der Waals surface area contributed by atoms with Crippen LogP contribution in [-0.2, 0) is 4.79 Å². The number of halogens is 1. The second-order valence-electron chi connectivity index (χ2n) is 5.20. The molecule has 0 unspecified atom stereocenters. The summed E-state index contributed by atoms with van der Waals surface area (Å²) in [6.45, 7) is 5.27. The number of carbonyl (C=O) groups excluding carboxylic acids is 1. The molecule has 0 fully saturated rings. The zero-order valence-electron chi connectivity index (χ0n) is 11.4. The molecule has 5 heteroatoms. The van der Waals surface area contributed by atoms with Gasteiger partial charge in [-0.25, -0.2) is 4.39 Å². The molecule has 19 heavy (non-hydrogen) atoms. The Morgan fingerprint density at radius 1 is 1.42 bits per heavy atom. The van der Waals surface area contributed by atoms with E-state index in [4.69, 9.17) is 5.11 Å². The quantitative estimate of drug-likeness (QED) is 0.789. The molecule has 0 saturated heterocycles. The molecule has 0 bridgehead atoms. The lowest BCUT2D eigenvalue weighted by Crippen LogP contribution is -2.48. The van der Waals surface area contributed by atoms with Crippen LogP contribution in [0.1, 0.15) is 20.8 Å². The monoisotopic (exact) mass is 285 g/mol. The van der Waals surface area contributed by atoms with E-state index in [0.717, 1.165) is 4.90 Å². The van der Waals surface area contributed by atoms with Crippen molar-refractivity contribution in [3.05, 3.63) is 30.1 Å². The third-order valence-electron chi connectivity index (χ3n) is 2.62. The van der Waals surface area contributed by atoms with E-state index in [9.17, 15) is 9.18 Å². The third-order valence-corrected chi connectivity index (χ3v) is 3.89. The summed E-state index contributed by atoms with van der Waals surface area (Å²) in [5, 5.41) is 11.9. The van der Waals surface area contributed by atoms with Gasteiger partial charge in [0.15, 0.2) is 0 Å². The number of nitrogens with one attached hydrogen (secondary N) is 1. The van der Waals surface area contributed by atoms with Gasteiger partial charge in [-0.3, -0.25) is 4.79 Å². The molecule has 0 saturated carbocycles. The maximum atomic E-state index is 12.7. The number of aliphatic hydroxyl groups excluding tert-OH is 1. The predicted molar refractivity (Wildman–Crippen MR) is 75.6 cm³/mol. The van der Waals surface area contributed by atoms with Gasteiger partial charge in [0.1, 0.15) is 5.82 Å². The van der Waals surface area contributed by atoms with Crippen LogP contribution in [-0.4, -0.2) is 28.9 Å². The number of hydrogen-bond acceptors (Lipinski definition) is 3. The molecule has 1 amide bonds. The van der Waals surface area contributed by atoms with E-state index in [0.29, 0.717) is 5.75 Å². The Labute approximate surface area is 117 Å². The maximum Gasteiger partial charge on any atom is 0.224 e. The maximum absolute atomic E-state index is 12.7. The van der Waals surface area contributed by atoms with E-state index in [2.05, 4.69) is 5.32 Å². The summed E-state index contributed by atoms with van der Waals surface area (Å²) in [5.41, 5.74) is -0.605. The Morgan fingerprint density at radius 3 is 2.53 bits per heavy atom. The summed E-state index contributed by atoms with van der Waals surface area (Å²) in [4.78, 5) is 12.8. The lowest BCUT2D eigenvalue weighted by atomic mass is 10.1. The first kappa shape index (κ1) is 16.0. The molecule has 0 radical (unpaired) electrons. The van der Waals surface area contributed by atoms with Crippen LogP contribution in [0.3, 0.4) is 0 Å². The van der Waals surface area contributed by atoms with Crippen molar-refractivity contribution in [1.29, 1.82) is 0 Å². The van der Waals surface area contributed by atoms with E-state index in [1.807, 2.05) is 6.92 Å². The average molecular weight is 285 g/mol. The highest BCUT2D eigenvalue weighted by atomic mass is 32.2. The van der Waals surface area contributed by atoms with E-state index >= 15 is 0 Å². The van der Waals surface area contributed by atoms with Crippen molar-refractivity contribution >= 4 is 17.7 Å². The van der Waals surface area contributed by atoms with E-state index < -0.39 is 5.54 Å². The van der Waals surface area contributed by atoms with Gasteiger partial charge in [0.05, 0.1) is 12.1 Å². The Bertz CT molecular complexity index is 420. The molecule has 1 aromatic carbocycles.